The summed E-state index contributed by atoms with van der Waals surface area (Å²) in [5.74, 6) is 2.53. The minimum absolute atomic E-state index is 0.876. The van der Waals surface area contributed by atoms with E-state index in [1.807, 2.05) is 37.3 Å². The van der Waals surface area contributed by atoms with E-state index in [0.717, 1.165) is 11.3 Å². The van der Waals surface area contributed by atoms with Gasteiger partial charge >= 0.3 is 0 Å². The molecule has 0 fully saturated rings. The SMILES string of the molecule is C#C/C(C)=C/C=Nc1ccc(C)cc1. The number of rotatable bonds is 2. The van der Waals surface area contributed by atoms with E-state index >= 15 is 0 Å². The lowest BCUT2D eigenvalue weighted by Crippen LogP contribution is -1.72. The van der Waals surface area contributed by atoms with Crippen LogP contribution in [0, 0.1) is 19.3 Å². The quantitative estimate of drug-likeness (QED) is 0.493. The number of allylic oxidation sites excluding steroid dienone is 2. The highest BCUT2D eigenvalue weighted by Crippen LogP contribution is 2.11. The summed E-state index contributed by atoms with van der Waals surface area (Å²) in [6, 6.07) is 8.02. The molecule has 0 spiro atoms. The van der Waals surface area contributed by atoms with E-state index in [1.54, 1.807) is 6.21 Å². The molecule has 70 valence electrons. The van der Waals surface area contributed by atoms with Crippen LogP contribution in [0.2, 0.25) is 0 Å². The van der Waals surface area contributed by atoms with Crippen molar-refractivity contribution < 1.29 is 0 Å². The van der Waals surface area contributed by atoms with Crippen LogP contribution in [0.3, 0.4) is 0 Å². The molecule has 0 N–H and O–H groups in total. The first-order valence-corrected chi connectivity index (χ1v) is 4.46. The Morgan fingerprint density at radius 1 is 1.36 bits per heavy atom. The van der Waals surface area contributed by atoms with Gasteiger partial charge in [0, 0.05) is 11.8 Å². The third kappa shape index (κ3) is 3.28. The van der Waals surface area contributed by atoms with E-state index in [9.17, 15) is 0 Å². The molecule has 0 aromatic heterocycles. The summed E-state index contributed by atoms with van der Waals surface area (Å²) < 4.78 is 0. The molecule has 0 saturated carbocycles. The van der Waals surface area contributed by atoms with Crippen LogP contribution in [0.25, 0.3) is 0 Å². The molecule has 0 aliphatic rings. The molecule has 0 amide bonds. The summed E-state index contributed by atoms with van der Waals surface area (Å²) in [5, 5.41) is 0. The van der Waals surface area contributed by atoms with Crippen molar-refractivity contribution in [2.24, 2.45) is 4.99 Å². The highest BCUT2D eigenvalue weighted by atomic mass is 14.7. The van der Waals surface area contributed by atoms with Gasteiger partial charge in [-0.1, -0.05) is 23.6 Å². The monoisotopic (exact) mass is 183 g/mol. The van der Waals surface area contributed by atoms with Crippen LogP contribution in [-0.2, 0) is 0 Å². The zero-order valence-electron chi connectivity index (χ0n) is 8.49. The van der Waals surface area contributed by atoms with Crippen LogP contribution in [0.5, 0.6) is 0 Å². The third-order valence-electron chi connectivity index (χ3n) is 1.81. The Bertz CT molecular complexity index is 388. The van der Waals surface area contributed by atoms with Crippen molar-refractivity contribution in [1.82, 2.24) is 0 Å². The molecule has 0 aliphatic heterocycles. The molecule has 0 unspecified atom stereocenters. The minimum atomic E-state index is 0.876. The molecule has 1 heteroatoms. The van der Waals surface area contributed by atoms with Gasteiger partial charge in [-0.3, -0.25) is 4.99 Å². The van der Waals surface area contributed by atoms with Gasteiger partial charge in [-0.25, -0.2) is 0 Å². The van der Waals surface area contributed by atoms with Crippen LogP contribution in [0.4, 0.5) is 5.69 Å². The molecule has 0 saturated heterocycles. The number of aryl methyl sites for hydroxylation is 1. The fraction of sp³-hybridized carbons (Fsp3) is 0.154. The zero-order chi connectivity index (χ0) is 10.4. The molecule has 1 nitrogen and oxygen atoms in total. The van der Waals surface area contributed by atoms with E-state index < -0.39 is 0 Å². The summed E-state index contributed by atoms with van der Waals surface area (Å²) >= 11 is 0. The Morgan fingerprint density at radius 2 is 2.00 bits per heavy atom. The molecule has 0 heterocycles. The van der Waals surface area contributed by atoms with Crippen LogP contribution >= 0.6 is 0 Å². The second-order valence-electron chi connectivity index (χ2n) is 3.11. The average molecular weight is 183 g/mol. The Kier molecular flexibility index (Phi) is 3.69. The van der Waals surface area contributed by atoms with Crippen molar-refractivity contribution in [2.45, 2.75) is 13.8 Å². The molecule has 14 heavy (non-hydrogen) atoms. The molecule has 1 aromatic carbocycles. The van der Waals surface area contributed by atoms with Gasteiger partial charge in [-0.05, 0) is 32.1 Å². The lowest BCUT2D eigenvalue weighted by atomic mass is 10.2. The van der Waals surface area contributed by atoms with Crippen molar-refractivity contribution in [3.8, 4) is 12.3 Å². The lowest BCUT2D eigenvalue weighted by molar-refractivity contribution is 1.44. The topological polar surface area (TPSA) is 12.4 Å². The van der Waals surface area contributed by atoms with Gasteiger partial charge in [0.2, 0.25) is 0 Å². The number of terminal acetylenes is 1. The van der Waals surface area contributed by atoms with Crippen molar-refractivity contribution in [3.05, 3.63) is 41.5 Å². The maximum Gasteiger partial charge on any atom is 0.0629 e. The number of benzene rings is 1. The molecular weight excluding hydrogens is 170 g/mol. The molecule has 0 atom stereocenters. The maximum atomic E-state index is 5.19. The standard InChI is InChI=1S/C13H13N/c1-4-11(2)9-10-14-13-7-5-12(3)6-8-13/h1,5-10H,2-3H3/b11-9+,14-10?. The predicted octanol–water partition coefficient (Wildman–Crippen LogP) is 3.28. The van der Waals surface area contributed by atoms with Crippen molar-refractivity contribution >= 4 is 11.9 Å². The summed E-state index contributed by atoms with van der Waals surface area (Å²) in [5.41, 5.74) is 3.05. The van der Waals surface area contributed by atoms with Gasteiger partial charge in [0.1, 0.15) is 0 Å². The van der Waals surface area contributed by atoms with E-state index in [-0.39, 0.29) is 0 Å². The zero-order valence-corrected chi connectivity index (χ0v) is 8.49. The van der Waals surface area contributed by atoms with Crippen LogP contribution in [0.1, 0.15) is 12.5 Å². The van der Waals surface area contributed by atoms with Gasteiger partial charge in [-0.2, -0.15) is 0 Å². The predicted molar refractivity (Wildman–Crippen MR) is 61.9 cm³/mol. The Hall–Kier alpha value is -1.81. The first-order valence-electron chi connectivity index (χ1n) is 4.46. The molecule has 0 bridgehead atoms. The lowest BCUT2D eigenvalue weighted by Gasteiger charge is -1.92. The summed E-state index contributed by atoms with van der Waals surface area (Å²) in [6.07, 6.45) is 8.73. The van der Waals surface area contributed by atoms with Gasteiger partial charge in [0.25, 0.3) is 0 Å². The number of hydrogen-bond donors (Lipinski definition) is 0. The van der Waals surface area contributed by atoms with Gasteiger partial charge in [0.05, 0.1) is 5.69 Å². The first-order chi connectivity index (χ1) is 6.72. The summed E-state index contributed by atoms with van der Waals surface area (Å²) in [7, 11) is 0. The van der Waals surface area contributed by atoms with Crippen molar-refractivity contribution in [1.29, 1.82) is 0 Å². The van der Waals surface area contributed by atoms with Gasteiger partial charge in [-0.15, -0.1) is 6.42 Å². The number of nitrogens with zero attached hydrogens (tertiary/aromatic N) is 1. The third-order valence-corrected chi connectivity index (χ3v) is 1.81. The van der Waals surface area contributed by atoms with Gasteiger partial charge in [0.15, 0.2) is 0 Å². The number of hydrogen-bond acceptors (Lipinski definition) is 1. The van der Waals surface area contributed by atoms with E-state index in [1.165, 1.54) is 5.56 Å². The average Bonchev–Trinajstić information content (AvgIpc) is 2.21. The molecular formula is C13H13N. The van der Waals surface area contributed by atoms with Crippen LogP contribution in [0.15, 0.2) is 40.9 Å². The van der Waals surface area contributed by atoms with Crippen LogP contribution in [-0.4, -0.2) is 6.21 Å². The van der Waals surface area contributed by atoms with E-state index in [4.69, 9.17) is 6.42 Å². The van der Waals surface area contributed by atoms with Gasteiger partial charge < -0.3 is 0 Å². The highest BCUT2D eigenvalue weighted by molar-refractivity contribution is 5.76. The van der Waals surface area contributed by atoms with Crippen molar-refractivity contribution in [3.63, 3.8) is 0 Å². The summed E-state index contributed by atoms with van der Waals surface area (Å²) in [6.45, 7) is 3.93. The largest absolute Gasteiger partial charge is 0.257 e. The molecule has 0 aliphatic carbocycles. The second-order valence-corrected chi connectivity index (χ2v) is 3.11. The Balaban J connectivity index is 2.71. The van der Waals surface area contributed by atoms with Crippen molar-refractivity contribution in [2.75, 3.05) is 0 Å². The normalized spacial score (nSPS) is 11.6. The fourth-order valence-corrected chi connectivity index (χ4v) is 0.914. The number of aliphatic imine (C=N–C) groups is 1. The van der Waals surface area contributed by atoms with Crippen LogP contribution < -0.4 is 0 Å². The first kappa shape index (κ1) is 10.3. The molecule has 0 radical (unpaired) electrons. The Labute approximate surface area is 85.2 Å². The second kappa shape index (κ2) is 5.04. The smallest absolute Gasteiger partial charge is 0.0629 e. The fourth-order valence-electron chi connectivity index (χ4n) is 0.914. The van der Waals surface area contributed by atoms with E-state index in [0.29, 0.717) is 0 Å². The summed E-state index contributed by atoms with van der Waals surface area (Å²) in [4.78, 5) is 4.24. The maximum absolute atomic E-state index is 5.19. The highest BCUT2D eigenvalue weighted by Gasteiger charge is 1.85. The molecule has 1 rings (SSSR count). The minimum Gasteiger partial charge on any atom is -0.257 e. The molecule has 1 aromatic rings. The Morgan fingerprint density at radius 3 is 2.57 bits per heavy atom. The van der Waals surface area contributed by atoms with E-state index in [2.05, 4.69) is 17.8 Å².